The molecule has 0 saturated carbocycles. The summed E-state index contributed by atoms with van der Waals surface area (Å²) in [6.45, 7) is 3.99. The molecular weight excluding hydrogens is 190 g/mol. The van der Waals surface area contributed by atoms with Crippen LogP contribution >= 0.6 is 0 Å². The van der Waals surface area contributed by atoms with Gasteiger partial charge in [-0.25, -0.2) is 0 Å². The van der Waals surface area contributed by atoms with Crippen LogP contribution in [0.1, 0.15) is 43.2 Å². The average Bonchev–Trinajstić information content (AvgIpc) is 2.20. The molecule has 82 valence electrons. The van der Waals surface area contributed by atoms with Crippen LogP contribution in [0.2, 0.25) is 0 Å². The van der Waals surface area contributed by atoms with Gasteiger partial charge in [-0.3, -0.25) is 9.78 Å². The minimum atomic E-state index is -0.750. The number of unbranched alkanes of at least 4 members (excludes halogenated alkanes) is 1. The van der Waals surface area contributed by atoms with Crippen LogP contribution in [0.4, 0.5) is 0 Å². The van der Waals surface area contributed by atoms with Crippen LogP contribution in [0.5, 0.6) is 0 Å². The van der Waals surface area contributed by atoms with Gasteiger partial charge in [-0.05, 0) is 30.5 Å². The summed E-state index contributed by atoms with van der Waals surface area (Å²) in [4.78, 5) is 15.1. The largest absolute Gasteiger partial charge is 0.481 e. The minimum absolute atomic E-state index is 0.404. The van der Waals surface area contributed by atoms with Crippen LogP contribution in [-0.4, -0.2) is 16.1 Å². The van der Waals surface area contributed by atoms with Gasteiger partial charge in [0.2, 0.25) is 0 Å². The van der Waals surface area contributed by atoms with E-state index in [0.717, 1.165) is 24.0 Å². The van der Waals surface area contributed by atoms with Gasteiger partial charge in [0.05, 0.1) is 5.92 Å². The third-order valence-electron chi connectivity index (χ3n) is 2.60. The van der Waals surface area contributed by atoms with Crippen molar-refractivity contribution in [2.24, 2.45) is 0 Å². The van der Waals surface area contributed by atoms with E-state index >= 15 is 0 Å². The smallest absolute Gasteiger partial charge is 0.311 e. The van der Waals surface area contributed by atoms with Crippen LogP contribution in [0.3, 0.4) is 0 Å². The van der Waals surface area contributed by atoms with Gasteiger partial charge in [0.15, 0.2) is 0 Å². The van der Waals surface area contributed by atoms with Gasteiger partial charge in [-0.1, -0.05) is 19.8 Å². The highest BCUT2D eigenvalue weighted by Gasteiger charge is 2.20. The van der Waals surface area contributed by atoms with Crippen molar-refractivity contribution in [3.63, 3.8) is 0 Å². The lowest BCUT2D eigenvalue weighted by Crippen LogP contribution is -2.13. The molecule has 0 fully saturated rings. The Balaban J connectivity index is 2.89. The standard InChI is InChI=1S/C12H17NO2/c1-3-4-5-10(12(14)15)11-8-13-7-6-9(11)2/h6-8,10H,3-5H2,1-2H3,(H,14,15). The number of carboxylic acids is 1. The maximum absolute atomic E-state index is 11.1. The molecule has 0 aliphatic rings. The molecule has 0 radical (unpaired) electrons. The van der Waals surface area contributed by atoms with Crippen molar-refractivity contribution in [2.45, 2.75) is 39.0 Å². The number of rotatable bonds is 5. The molecular formula is C12H17NO2. The molecule has 3 heteroatoms. The van der Waals surface area contributed by atoms with Gasteiger partial charge >= 0.3 is 5.97 Å². The van der Waals surface area contributed by atoms with Crippen LogP contribution in [0, 0.1) is 6.92 Å². The van der Waals surface area contributed by atoms with Crippen LogP contribution in [0.25, 0.3) is 0 Å². The highest BCUT2D eigenvalue weighted by atomic mass is 16.4. The van der Waals surface area contributed by atoms with Crippen molar-refractivity contribution in [1.29, 1.82) is 0 Å². The highest BCUT2D eigenvalue weighted by Crippen LogP contribution is 2.24. The van der Waals surface area contributed by atoms with Crippen LogP contribution in [0.15, 0.2) is 18.5 Å². The van der Waals surface area contributed by atoms with Gasteiger partial charge in [0, 0.05) is 12.4 Å². The molecule has 0 amide bonds. The molecule has 1 aromatic heterocycles. The molecule has 1 unspecified atom stereocenters. The van der Waals surface area contributed by atoms with Crippen molar-refractivity contribution in [3.8, 4) is 0 Å². The Morgan fingerprint density at radius 2 is 2.33 bits per heavy atom. The molecule has 1 rings (SSSR count). The summed E-state index contributed by atoms with van der Waals surface area (Å²) < 4.78 is 0. The van der Waals surface area contributed by atoms with Gasteiger partial charge in [0.25, 0.3) is 0 Å². The lowest BCUT2D eigenvalue weighted by molar-refractivity contribution is -0.139. The summed E-state index contributed by atoms with van der Waals surface area (Å²) in [7, 11) is 0. The summed E-state index contributed by atoms with van der Waals surface area (Å²) in [5.74, 6) is -1.15. The Hall–Kier alpha value is -1.38. The fourth-order valence-electron chi connectivity index (χ4n) is 1.66. The van der Waals surface area contributed by atoms with E-state index in [0.29, 0.717) is 6.42 Å². The van der Waals surface area contributed by atoms with E-state index in [4.69, 9.17) is 5.11 Å². The van der Waals surface area contributed by atoms with E-state index in [1.165, 1.54) is 0 Å². The van der Waals surface area contributed by atoms with Gasteiger partial charge in [-0.2, -0.15) is 0 Å². The van der Waals surface area contributed by atoms with E-state index in [-0.39, 0.29) is 0 Å². The van der Waals surface area contributed by atoms with E-state index in [1.807, 2.05) is 13.0 Å². The molecule has 0 aliphatic carbocycles. The maximum Gasteiger partial charge on any atom is 0.311 e. The fraction of sp³-hybridized carbons (Fsp3) is 0.500. The quantitative estimate of drug-likeness (QED) is 0.807. The Kier molecular flexibility index (Phi) is 4.28. The number of carbonyl (C=O) groups is 1. The molecule has 1 aromatic rings. The highest BCUT2D eigenvalue weighted by molar-refractivity contribution is 5.76. The number of aryl methyl sites for hydroxylation is 1. The van der Waals surface area contributed by atoms with Crippen molar-refractivity contribution < 1.29 is 9.90 Å². The van der Waals surface area contributed by atoms with Crippen molar-refractivity contribution in [2.75, 3.05) is 0 Å². The number of pyridine rings is 1. The first-order valence-electron chi connectivity index (χ1n) is 5.30. The molecule has 0 saturated heterocycles. The first-order chi connectivity index (χ1) is 7.16. The lowest BCUT2D eigenvalue weighted by atomic mass is 9.92. The van der Waals surface area contributed by atoms with Crippen LogP contribution in [-0.2, 0) is 4.79 Å². The van der Waals surface area contributed by atoms with E-state index in [1.54, 1.807) is 12.4 Å². The summed E-state index contributed by atoms with van der Waals surface area (Å²) >= 11 is 0. The number of aliphatic carboxylic acids is 1. The fourth-order valence-corrected chi connectivity index (χ4v) is 1.66. The van der Waals surface area contributed by atoms with Crippen LogP contribution < -0.4 is 0 Å². The number of carboxylic acid groups (broad SMARTS) is 1. The number of nitrogens with zero attached hydrogens (tertiary/aromatic N) is 1. The number of aromatic nitrogens is 1. The molecule has 1 N–H and O–H groups in total. The summed E-state index contributed by atoms with van der Waals surface area (Å²) in [6.07, 6.45) is 6.01. The molecule has 1 atom stereocenters. The van der Waals surface area contributed by atoms with Gasteiger partial charge in [0.1, 0.15) is 0 Å². The van der Waals surface area contributed by atoms with Crippen molar-refractivity contribution in [3.05, 3.63) is 29.6 Å². The lowest BCUT2D eigenvalue weighted by Gasteiger charge is -2.13. The zero-order valence-electron chi connectivity index (χ0n) is 9.23. The second kappa shape index (κ2) is 5.49. The molecule has 1 heterocycles. The molecule has 15 heavy (non-hydrogen) atoms. The number of hydrogen-bond acceptors (Lipinski definition) is 2. The van der Waals surface area contributed by atoms with E-state index in [2.05, 4.69) is 11.9 Å². The topological polar surface area (TPSA) is 50.2 Å². The van der Waals surface area contributed by atoms with E-state index in [9.17, 15) is 4.79 Å². The average molecular weight is 207 g/mol. The Bertz CT molecular complexity index is 336. The molecule has 3 nitrogen and oxygen atoms in total. The SMILES string of the molecule is CCCCC(C(=O)O)c1cnccc1C. The van der Waals surface area contributed by atoms with Crippen molar-refractivity contribution in [1.82, 2.24) is 4.98 Å². The predicted octanol–water partition coefficient (Wildman–Crippen LogP) is 2.75. The first kappa shape index (κ1) is 11.7. The monoisotopic (exact) mass is 207 g/mol. The summed E-state index contributed by atoms with van der Waals surface area (Å²) in [6, 6.07) is 1.86. The van der Waals surface area contributed by atoms with E-state index < -0.39 is 11.9 Å². The maximum atomic E-state index is 11.1. The molecule has 0 spiro atoms. The Morgan fingerprint density at radius 1 is 1.60 bits per heavy atom. The molecule has 0 bridgehead atoms. The summed E-state index contributed by atoms with van der Waals surface area (Å²) in [5.41, 5.74) is 1.85. The van der Waals surface area contributed by atoms with Gasteiger partial charge < -0.3 is 5.11 Å². The zero-order valence-corrected chi connectivity index (χ0v) is 9.23. The van der Waals surface area contributed by atoms with Gasteiger partial charge in [-0.15, -0.1) is 0 Å². The third kappa shape index (κ3) is 3.05. The first-order valence-corrected chi connectivity index (χ1v) is 5.30. The molecule has 0 aromatic carbocycles. The molecule has 0 aliphatic heterocycles. The number of hydrogen-bond donors (Lipinski definition) is 1. The Labute approximate surface area is 90.2 Å². The Morgan fingerprint density at radius 3 is 2.87 bits per heavy atom. The second-order valence-corrected chi connectivity index (χ2v) is 3.77. The predicted molar refractivity (Wildman–Crippen MR) is 58.9 cm³/mol. The third-order valence-corrected chi connectivity index (χ3v) is 2.60. The van der Waals surface area contributed by atoms with Crippen molar-refractivity contribution >= 4 is 5.97 Å². The minimum Gasteiger partial charge on any atom is -0.481 e. The normalized spacial score (nSPS) is 12.4. The summed E-state index contributed by atoms with van der Waals surface area (Å²) in [5, 5.41) is 9.15. The second-order valence-electron chi connectivity index (χ2n) is 3.77. The zero-order chi connectivity index (χ0) is 11.3.